The van der Waals surface area contributed by atoms with Crippen LogP contribution >= 0.6 is 0 Å². The highest BCUT2D eigenvalue weighted by atomic mass is 14.9. The number of fused-ring (bicyclic) bond motifs is 2. The lowest BCUT2D eigenvalue weighted by atomic mass is 9.87. The fourth-order valence-corrected chi connectivity index (χ4v) is 8.26. The fraction of sp³-hybridized carbons (Fsp3) is 0. The summed E-state index contributed by atoms with van der Waals surface area (Å²) in [5.74, 6) is 0.695. The quantitative estimate of drug-likeness (QED) is 0.177. The average Bonchev–Trinajstić information content (AvgIpc) is 3.22. The molecule has 3 nitrogen and oxygen atoms in total. The van der Waals surface area contributed by atoms with Gasteiger partial charge in [-0.2, -0.15) is 0 Å². The number of hydrogen-bond donors (Lipinski definition) is 0. The van der Waals surface area contributed by atoms with Crippen molar-refractivity contribution < 1.29 is 0 Å². The summed E-state index contributed by atoms with van der Waals surface area (Å²) in [6.45, 7) is 0. The van der Waals surface area contributed by atoms with Gasteiger partial charge in [0.05, 0.1) is 17.1 Å². The molecule has 0 atom stereocenters. The molecule has 0 amide bonds. The molecule has 0 aliphatic rings. The highest BCUT2D eigenvalue weighted by Crippen LogP contribution is 2.44. The lowest BCUT2D eigenvalue weighted by Gasteiger charge is -2.17. The van der Waals surface area contributed by atoms with E-state index in [9.17, 15) is 0 Å². The molecule has 0 aliphatic heterocycles. The lowest BCUT2D eigenvalue weighted by Crippen LogP contribution is -1.96. The van der Waals surface area contributed by atoms with Gasteiger partial charge in [0.2, 0.25) is 0 Å². The maximum absolute atomic E-state index is 5.28. The predicted octanol–water partition coefficient (Wildman–Crippen LogP) is 12.9. The Bertz CT molecular complexity index is 3160. The summed E-state index contributed by atoms with van der Waals surface area (Å²) < 4.78 is 0. The second-order valence-electron chi connectivity index (χ2n) is 13.6. The third kappa shape index (κ3) is 4.43. The summed E-state index contributed by atoms with van der Waals surface area (Å²) in [6.07, 6.45) is 1.83. The average molecular weight is 660 g/mol. The molecule has 0 aliphatic carbocycles. The maximum atomic E-state index is 5.28. The molecule has 0 bridgehead atoms. The Labute approximate surface area is 299 Å². The minimum absolute atomic E-state index is 0.695. The lowest BCUT2D eigenvalue weighted by molar-refractivity contribution is 1.18. The SMILES string of the molecule is c1ccc(-c2nc(-c3cccc(-c4ccccn4)c3)cc(-c3cc4ccc5cccc6c7cccc8ccc9cccc(c(c3)c4c56)c9c87)n2)cc1. The molecule has 11 aromatic rings. The third-order valence-corrected chi connectivity index (χ3v) is 10.6. The number of pyridine rings is 1. The summed E-state index contributed by atoms with van der Waals surface area (Å²) in [6, 6.07) is 60.9. The summed E-state index contributed by atoms with van der Waals surface area (Å²) >= 11 is 0. The summed E-state index contributed by atoms with van der Waals surface area (Å²) in [4.78, 5) is 15.1. The molecule has 0 N–H and O–H groups in total. The number of nitrogens with zero attached hydrogens (tertiary/aromatic N) is 3. The van der Waals surface area contributed by atoms with Gasteiger partial charge >= 0.3 is 0 Å². The molecule has 240 valence electrons. The zero-order valence-electron chi connectivity index (χ0n) is 28.1. The molecule has 2 aromatic heterocycles. The second-order valence-corrected chi connectivity index (χ2v) is 13.6. The number of benzene rings is 8. The van der Waals surface area contributed by atoms with Crippen molar-refractivity contribution in [3.63, 3.8) is 0 Å². The third-order valence-electron chi connectivity index (χ3n) is 10.6. The van der Waals surface area contributed by atoms with Crippen molar-refractivity contribution in [3.05, 3.63) is 176 Å². The zero-order valence-corrected chi connectivity index (χ0v) is 28.1. The van der Waals surface area contributed by atoms with Crippen molar-refractivity contribution in [3.8, 4) is 45.2 Å². The zero-order chi connectivity index (χ0) is 34.2. The normalized spacial score (nSPS) is 11.8. The van der Waals surface area contributed by atoms with E-state index in [1.807, 2.05) is 42.6 Å². The Morgan fingerprint density at radius 2 is 0.808 bits per heavy atom. The van der Waals surface area contributed by atoms with Crippen LogP contribution in [-0.4, -0.2) is 15.0 Å². The van der Waals surface area contributed by atoms with Crippen LogP contribution in [0.15, 0.2) is 176 Å². The van der Waals surface area contributed by atoms with Crippen molar-refractivity contribution in [1.29, 1.82) is 0 Å². The van der Waals surface area contributed by atoms with E-state index in [4.69, 9.17) is 9.97 Å². The Morgan fingerprint density at radius 3 is 1.44 bits per heavy atom. The largest absolute Gasteiger partial charge is 0.256 e. The number of hydrogen-bond acceptors (Lipinski definition) is 3. The standard InChI is InChI=1S/C49H29N3/c1-2-10-33(11-3-1)49-51-43(35-16-6-15-34(26-35)42-20-4-5-25-50-42)29-44(52-49)37-27-36-24-23-32-13-8-18-39-38-17-7-12-30-21-22-31-14-9-19-40(47(31)45(30)38)41(28-37)48(36)46(32)39/h1-29H. The van der Waals surface area contributed by atoms with Gasteiger partial charge in [0, 0.05) is 28.5 Å². The molecule has 2 heterocycles. The van der Waals surface area contributed by atoms with Crippen LogP contribution in [0.2, 0.25) is 0 Å². The molecule has 0 radical (unpaired) electrons. The first kappa shape index (κ1) is 28.8. The van der Waals surface area contributed by atoms with Gasteiger partial charge in [0.25, 0.3) is 0 Å². The van der Waals surface area contributed by atoms with Gasteiger partial charge in [-0.3, -0.25) is 4.98 Å². The van der Waals surface area contributed by atoms with Gasteiger partial charge in [-0.1, -0.05) is 133 Å². The van der Waals surface area contributed by atoms with Gasteiger partial charge in [0.15, 0.2) is 5.82 Å². The van der Waals surface area contributed by atoms with Crippen LogP contribution in [0.1, 0.15) is 0 Å². The maximum Gasteiger partial charge on any atom is 0.160 e. The van der Waals surface area contributed by atoms with Crippen LogP contribution in [0.4, 0.5) is 0 Å². The van der Waals surface area contributed by atoms with Crippen molar-refractivity contribution >= 4 is 64.6 Å². The van der Waals surface area contributed by atoms with Gasteiger partial charge < -0.3 is 0 Å². The highest BCUT2D eigenvalue weighted by molar-refractivity contribution is 6.37. The van der Waals surface area contributed by atoms with E-state index in [2.05, 4.69) is 138 Å². The Hall–Kier alpha value is -6.97. The van der Waals surface area contributed by atoms with Gasteiger partial charge in [0.1, 0.15) is 0 Å². The molecular weight excluding hydrogens is 631 g/mol. The van der Waals surface area contributed by atoms with E-state index < -0.39 is 0 Å². The fourth-order valence-electron chi connectivity index (χ4n) is 8.26. The van der Waals surface area contributed by atoms with Crippen LogP contribution in [0.5, 0.6) is 0 Å². The van der Waals surface area contributed by atoms with E-state index >= 15 is 0 Å². The first-order chi connectivity index (χ1) is 25.8. The van der Waals surface area contributed by atoms with E-state index in [1.165, 1.54) is 64.6 Å². The number of aromatic nitrogens is 3. The molecule has 9 aromatic carbocycles. The molecule has 0 fully saturated rings. The summed E-state index contributed by atoms with van der Waals surface area (Å²) in [7, 11) is 0. The molecule has 11 rings (SSSR count). The van der Waals surface area contributed by atoms with Crippen molar-refractivity contribution in [1.82, 2.24) is 15.0 Å². The molecule has 0 spiro atoms. The van der Waals surface area contributed by atoms with Crippen LogP contribution in [-0.2, 0) is 0 Å². The van der Waals surface area contributed by atoms with Gasteiger partial charge in [-0.25, -0.2) is 9.97 Å². The van der Waals surface area contributed by atoms with E-state index in [1.54, 1.807) is 0 Å². The van der Waals surface area contributed by atoms with Crippen molar-refractivity contribution in [2.45, 2.75) is 0 Å². The first-order valence-corrected chi connectivity index (χ1v) is 17.7. The van der Waals surface area contributed by atoms with Crippen LogP contribution in [0.25, 0.3) is 110 Å². The van der Waals surface area contributed by atoms with Gasteiger partial charge in [-0.05, 0) is 101 Å². The van der Waals surface area contributed by atoms with E-state index in [-0.39, 0.29) is 0 Å². The Morgan fingerprint density at radius 1 is 0.288 bits per heavy atom. The minimum atomic E-state index is 0.695. The van der Waals surface area contributed by atoms with E-state index in [0.717, 1.165) is 39.3 Å². The van der Waals surface area contributed by atoms with Crippen LogP contribution in [0, 0.1) is 0 Å². The van der Waals surface area contributed by atoms with Crippen LogP contribution in [0.3, 0.4) is 0 Å². The van der Waals surface area contributed by atoms with Crippen molar-refractivity contribution in [2.24, 2.45) is 0 Å². The molecule has 0 saturated heterocycles. The van der Waals surface area contributed by atoms with Crippen LogP contribution < -0.4 is 0 Å². The highest BCUT2D eigenvalue weighted by Gasteiger charge is 2.18. The smallest absolute Gasteiger partial charge is 0.160 e. The molecule has 0 saturated carbocycles. The molecule has 3 heteroatoms. The second kappa shape index (κ2) is 11.3. The Kier molecular flexibility index (Phi) is 6.25. The minimum Gasteiger partial charge on any atom is -0.256 e. The molecule has 0 unspecified atom stereocenters. The summed E-state index contributed by atoms with van der Waals surface area (Å²) in [5, 5.41) is 15.1. The number of rotatable bonds is 4. The molecule has 52 heavy (non-hydrogen) atoms. The van der Waals surface area contributed by atoms with E-state index in [0.29, 0.717) is 5.82 Å². The summed E-state index contributed by atoms with van der Waals surface area (Å²) in [5.41, 5.74) is 6.78. The molecular formula is C49H29N3. The first-order valence-electron chi connectivity index (χ1n) is 17.7. The monoisotopic (exact) mass is 659 g/mol. The topological polar surface area (TPSA) is 38.7 Å². The van der Waals surface area contributed by atoms with Crippen molar-refractivity contribution in [2.75, 3.05) is 0 Å². The van der Waals surface area contributed by atoms with Gasteiger partial charge in [-0.15, -0.1) is 0 Å². The predicted molar refractivity (Wildman–Crippen MR) is 218 cm³/mol. The Balaban J connectivity index is 1.25.